The third-order valence-electron chi connectivity index (χ3n) is 2.49. The second-order valence-electron chi connectivity index (χ2n) is 3.54. The molecule has 1 aliphatic carbocycles. The van der Waals surface area contributed by atoms with E-state index in [1.165, 1.54) is 0 Å². The predicted octanol–water partition coefficient (Wildman–Crippen LogP) is 0.715. The van der Waals surface area contributed by atoms with E-state index in [4.69, 9.17) is 5.11 Å². The van der Waals surface area contributed by atoms with E-state index < -0.39 is 18.7 Å². The van der Waals surface area contributed by atoms with Gasteiger partial charge in [-0.25, -0.2) is 9.18 Å². The summed E-state index contributed by atoms with van der Waals surface area (Å²) >= 11 is 0. The molecule has 0 bridgehead atoms. The van der Waals surface area contributed by atoms with Gasteiger partial charge in [0.25, 0.3) is 0 Å². The van der Waals surface area contributed by atoms with Crippen LogP contribution in [0.1, 0.15) is 25.7 Å². The minimum absolute atomic E-state index is 0.122. The maximum absolute atomic E-state index is 12.2. The molecule has 14 heavy (non-hydrogen) atoms. The van der Waals surface area contributed by atoms with E-state index in [-0.39, 0.29) is 11.8 Å². The van der Waals surface area contributed by atoms with E-state index in [0.29, 0.717) is 0 Å². The fourth-order valence-electron chi connectivity index (χ4n) is 1.64. The summed E-state index contributed by atoms with van der Waals surface area (Å²) < 4.78 is 12.2. The van der Waals surface area contributed by atoms with Gasteiger partial charge in [0.15, 0.2) is 6.04 Å². The first-order valence-corrected chi connectivity index (χ1v) is 4.74. The molecule has 1 amide bonds. The predicted molar refractivity (Wildman–Crippen MR) is 47.5 cm³/mol. The Morgan fingerprint density at radius 1 is 1.43 bits per heavy atom. The van der Waals surface area contributed by atoms with Crippen LogP contribution in [0, 0.1) is 5.92 Å². The second-order valence-corrected chi connectivity index (χ2v) is 3.54. The van der Waals surface area contributed by atoms with Crippen LogP contribution >= 0.6 is 0 Å². The molecule has 0 heterocycles. The van der Waals surface area contributed by atoms with Gasteiger partial charge in [-0.15, -0.1) is 0 Å². The molecule has 0 aromatic carbocycles. The van der Waals surface area contributed by atoms with E-state index in [1.54, 1.807) is 0 Å². The minimum Gasteiger partial charge on any atom is -0.480 e. The number of nitrogens with one attached hydrogen (secondary N) is 1. The maximum atomic E-state index is 12.2. The molecule has 0 aliphatic heterocycles. The number of carboxylic acids is 1. The van der Waals surface area contributed by atoms with Crippen molar-refractivity contribution >= 4 is 11.9 Å². The van der Waals surface area contributed by atoms with Gasteiger partial charge in [0.2, 0.25) is 5.91 Å². The van der Waals surface area contributed by atoms with Gasteiger partial charge in [-0.2, -0.15) is 0 Å². The van der Waals surface area contributed by atoms with Crippen molar-refractivity contribution in [3.8, 4) is 0 Å². The highest BCUT2D eigenvalue weighted by atomic mass is 19.1. The van der Waals surface area contributed by atoms with Gasteiger partial charge >= 0.3 is 5.97 Å². The Balaban J connectivity index is 2.41. The lowest BCUT2D eigenvalue weighted by Gasteiger charge is -2.14. The molecule has 0 radical (unpaired) electrons. The molecule has 0 spiro atoms. The summed E-state index contributed by atoms with van der Waals surface area (Å²) in [6, 6.07) is -1.39. The summed E-state index contributed by atoms with van der Waals surface area (Å²) in [5.41, 5.74) is 0. The molecule has 1 unspecified atom stereocenters. The third-order valence-corrected chi connectivity index (χ3v) is 2.49. The van der Waals surface area contributed by atoms with Gasteiger partial charge in [-0.3, -0.25) is 4.79 Å². The molecule has 1 rings (SSSR count). The number of hydrogen-bond donors (Lipinski definition) is 2. The number of rotatable bonds is 4. The lowest BCUT2D eigenvalue weighted by molar-refractivity contribution is -0.142. The Kier molecular flexibility index (Phi) is 3.85. The molecule has 1 saturated carbocycles. The van der Waals surface area contributed by atoms with Gasteiger partial charge in [0.1, 0.15) is 6.67 Å². The number of hydrogen-bond acceptors (Lipinski definition) is 2. The molecule has 1 atom stereocenters. The summed E-state index contributed by atoms with van der Waals surface area (Å²) in [5, 5.41) is 10.7. The van der Waals surface area contributed by atoms with Crippen molar-refractivity contribution in [2.75, 3.05) is 6.67 Å². The Morgan fingerprint density at radius 2 is 2.00 bits per heavy atom. The van der Waals surface area contributed by atoms with Gasteiger partial charge in [0.05, 0.1) is 0 Å². The van der Waals surface area contributed by atoms with Crippen LogP contribution in [0.3, 0.4) is 0 Å². The molecule has 2 N–H and O–H groups in total. The molecular weight excluding hydrogens is 189 g/mol. The van der Waals surface area contributed by atoms with Gasteiger partial charge < -0.3 is 10.4 Å². The summed E-state index contributed by atoms with van der Waals surface area (Å²) in [6.07, 6.45) is 3.55. The molecule has 5 heteroatoms. The normalized spacial score (nSPS) is 19.2. The minimum atomic E-state index is -1.39. The highest BCUT2D eigenvalue weighted by molar-refractivity contribution is 5.85. The van der Waals surface area contributed by atoms with E-state index >= 15 is 0 Å². The van der Waals surface area contributed by atoms with Crippen LogP contribution in [0.4, 0.5) is 4.39 Å². The summed E-state index contributed by atoms with van der Waals surface area (Å²) in [4.78, 5) is 21.8. The fourth-order valence-corrected chi connectivity index (χ4v) is 1.64. The molecular formula is C9H14FNO3. The standard InChI is InChI=1S/C9H14FNO3/c10-5-7(9(13)14)11-8(12)6-3-1-2-4-6/h6-7H,1-5H2,(H,11,12)(H,13,14). The summed E-state index contributed by atoms with van der Waals surface area (Å²) in [6.45, 7) is -1.06. The quantitative estimate of drug-likeness (QED) is 0.707. The highest BCUT2D eigenvalue weighted by Gasteiger charge is 2.27. The Labute approximate surface area is 81.5 Å². The zero-order valence-corrected chi connectivity index (χ0v) is 7.83. The largest absolute Gasteiger partial charge is 0.480 e. The molecule has 1 aliphatic rings. The highest BCUT2D eigenvalue weighted by Crippen LogP contribution is 2.24. The number of aliphatic carboxylic acids is 1. The van der Waals surface area contributed by atoms with Crippen molar-refractivity contribution in [2.24, 2.45) is 5.92 Å². The number of alkyl halides is 1. The van der Waals surface area contributed by atoms with Gasteiger partial charge in [-0.1, -0.05) is 12.8 Å². The van der Waals surface area contributed by atoms with Crippen molar-refractivity contribution in [3.05, 3.63) is 0 Å². The number of carboxylic acid groups (broad SMARTS) is 1. The van der Waals surface area contributed by atoms with Crippen LogP contribution in [0.15, 0.2) is 0 Å². The Morgan fingerprint density at radius 3 is 2.43 bits per heavy atom. The topological polar surface area (TPSA) is 66.4 Å². The SMILES string of the molecule is O=C(NC(CF)C(=O)O)C1CCCC1. The number of amides is 1. The van der Waals surface area contributed by atoms with Crippen molar-refractivity contribution < 1.29 is 19.1 Å². The fraction of sp³-hybridized carbons (Fsp3) is 0.778. The number of halogens is 1. The van der Waals surface area contributed by atoms with Crippen molar-refractivity contribution in [3.63, 3.8) is 0 Å². The van der Waals surface area contributed by atoms with Crippen LogP contribution in [0.5, 0.6) is 0 Å². The lowest BCUT2D eigenvalue weighted by atomic mass is 10.1. The van der Waals surface area contributed by atoms with E-state index in [0.717, 1.165) is 25.7 Å². The van der Waals surface area contributed by atoms with E-state index in [1.807, 2.05) is 0 Å². The first-order chi connectivity index (χ1) is 6.65. The van der Waals surface area contributed by atoms with E-state index in [9.17, 15) is 14.0 Å². The lowest BCUT2D eigenvalue weighted by Crippen LogP contribution is -2.44. The zero-order valence-electron chi connectivity index (χ0n) is 7.83. The molecule has 0 aromatic heterocycles. The van der Waals surface area contributed by atoms with Crippen LogP contribution in [0.2, 0.25) is 0 Å². The average Bonchev–Trinajstić information content (AvgIpc) is 2.65. The van der Waals surface area contributed by atoms with Crippen molar-refractivity contribution in [2.45, 2.75) is 31.7 Å². The van der Waals surface area contributed by atoms with Crippen LogP contribution in [-0.4, -0.2) is 29.7 Å². The third kappa shape index (κ3) is 2.68. The molecule has 1 fully saturated rings. The van der Waals surface area contributed by atoms with E-state index in [2.05, 4.69) is 5.32 Å². The molecule has 80 valence electrons. The summed E-state index contributed by atoms with van der Waals surface area (Å²) in [5.74, 6) is -1.77. The first-order valence-electron chi connectivity index (χ1n) is 4.74. The molecule has 0 saturated heterocycles. The smallest absolute Gasteiger partial charge is 0.328 e. The molecule has 0 aromatic rings. The van der Waals surface area contributed by atoms with Crippen molar-refractivity contribution in [1.29, 1.82) is 0 Å². The first kappa shape index (κ1) is 10.9. The van der Waals surface area contributed by atoms with Crippen molar-refractivity contribution in [1.82, 2.24) is 5.32 Å². The molecule has 4 nitrogen and oxygen atoms in total. The maximum Gasteiger partial charge on any atom is 0.328 e. The van der Waals surface area contributed by atoms with Crippen LogP contribution in [-0.2, 0) is 9.59 Å². The average molecular weight is 203 g/mol. The van der Waals surface area contributed by atoms with Gasteiger partial charge in [0, 0.05) is 5.92 Å². The number of carbonyl (C=O) groups excluding carboxylic acids is 1. The monoisotopic (exact) mass is 203 g/mol. The zero-order chi connectivity index (χ0) is 10.6. The Bertz CT molecular complexity index is 226. The Hall–Kier alpha value is -1.13. The summed E-state index contributed by atoms with van der Waals surface area (Å²) in [7, 11) is 0. The van der Waals surface area contributed by atoms with Gasteiger partial charge in [-0.05, 0) is 12.8 Å². The number of carbonyl (C=O) groups is 2. The second kappa shape index (κ2) is 4.93. The van der Waals surface area contributed by atoms with Crippen LogP contribution < -0.4 is 5.32 Å². The van der Waals surface area contributed by atoms with Crippen LogP contribution in [0.25, 0.3) is 0 Å².